The van der Waals surface area contributed by atoms with Crippen LogP contribution in [0.4, 0.5) is 38.0 Å². The SMILES string of the molecule is CC(C)(C)OC(=O)Nc1ccc(F)cc1Nc1ncc([N+](=O)[O-])c(N[C@H]2CC[C@H](O)CC2)n1. The van der Waals surface area contributed by atoms with Crippen LogP contribution in [0.2, 0.25) is 0 Å². The van der Waals surface area contributed by atoms with E-state index in [1.807, 2.05) is 0 Å². The average molecular weight is 462 g/mol. The fourth-order valence-electron chi connectivity index (χ4n) is 3.35. The monoisotopic (exact) mass is 462 g/mol. The quantitative estimate of drug-likeness (QED) is 0.363. The molecular formula is C21H27FN6O5. The first-order valence-corrected chi connectivity index (χ1v) is 10.5. The number of nitrogens with one attached hydrogen (secondary N) is 3. The smallest absolute Gasteiger partial charge is 0.412 e. The third kappa shape index (κ3) is 6.97. The molecule has 2 aromatic rings. The van der Waals surface area contributed by atoms with Gasteiger partial charge >= 0.3 is 11.8 Å². The maximum Gasteiger partial charge on any atom is 0.412 e. The lowest BCUT2D eigenvalue weighted by atomic mass is 9.93. The highest BCUT2D eigenvalue weighted by molar-refractivity contribution is 5.90. The van der Waals surface area contributed by atoms with Crippen LogP contribution in [0.5, 0.6) is 0 Å². The van der Waals surface area contributed by atoms with Gasteiger partial charge in [-0.25, -0.2) is 14.2 Å². The lowest BCUT2D eigenvalue weighted by Crippen LogP contribution is -2.29. The largest absolute Gasteiger partial charge is 0.444 e. The van der Waals surface area contributed by atoms with E-state index in [4.69, 9.17) is 4.74 Å². The maximum atomic E-state index is 13.9. The Morgan fingerprint density at radius 2 is 1.94 bits per heavy atom. The predicted octanol–water partition coefficient (Wildman–Crippen LogP) is 4.33. The molecule has 178 valence electrons. The number of hydrogen-bond acceptors (Lipinski definition) is 9. The van der Waals surface area contributed by atoms with Crippen LogP contribution in [0.15, 0.2) is 24.4 Å². The Balaban J connectivity index is 1.83. The Labute approximate surface area is 189 Å². The molecule has 0 radical (unpaired) electrons. The van der Waals surface area contributed by atoms with E-state index >= 15 is 0 Å². The molecule has 0 bridgehead atoms. The second kappa shape index (κ2) is 9.94. The number of aliphatic hydroxyl groups excluding tert-OH is 1. The van der Waals surface area contributed by atoms with Crippen molar-refractivity contribution >= 4 is 34.9 Å². The number of rotatable bonds is 6. The summed E-state index contributed by atoms with van der Waals surface area (Å²) in [7, 11) is 0. The topological polar surface area (TPSA) is 152 Å². The zero-order valence-electron chi connectivity index (χ0n) is 18.6. The number of nitro groups is 1. The number of aliphatic hydroxyl groups is 1. The van der Waals surface area contributed by atoms with E-state index in [1.54, 1.807) is 20.8 Å². The maximum absolute atomic E-state index is 13.9. The zero-order chi connectivity index (χ0) is 24.2. The van der Waals surface area contributed by atoms with Gasteiger partial charge in [0.1, 0.15) is 17.6 Å². The zero-order valence-corrected chi connectivity index (χ0v) is 18.6. The van der Waals surface area contributed by atoms with Crippen molar-refractivity contribution in [3.63, 3.8) is 0 Å². The van der Waals surface area contributed by atoms with Crippen LogP contribution >= 0.6 is 0 Å². The van der Waals surface area contributed by atoms with E-state index in [9.17, 15) is 24.4 Å². The molecule has 0 unspecified atom stereocenters. The van der Waals surface area contributed by atoms with Gasteiger partial charge in [0.15, 0.2) is 0 Å². The van der Waals surface area contributed by atoms with Gasteiger partial charge < -0.3 is 20.5 Å². The number of nitrogens with zero attached hydrogens (tertiary/aromatic N) is 3. The van der Waals surface area contributed by atoms with Crippen LogP contribution < -0.4 is 16.0 Å². The van der Waals surface area contributed by atoms with E-state index in [2.05, 4.69) is 25.9 Å². The van der Waals surface area contributed by atoms with E-state index < -0.39 is 22.4 Å². The van der Waals surface area contributed by atoms with Crippen LogP contribution in [0.3, 0.4) is 0 Å². The number of benzene rings is 1. The van der Waals surface area contributed by atoms with Crippen molar-refractivity contribution in [2.45, 2.75) is 64.2 Å². The summed E-state index contributed by atoms with van der Waals surface area (Å²) in [6.07, 6.45) is 2.40. The van der Waals surface area contributed by atoms with Crippen LogP contribution in [0.25, 0.3) is 0 Å². The van der Waals surface area contributed by atoms with E-state index in [0.717, 1.165) is 12.3 Å². The first kappa shape index (κ1) is 24.1. The second-order valence-electron chi connectivity index (χ2n) is 8.78. The van der Waals surface area contributed by atoms with Gasteiger partial charge in [0.25, 0.3) is 0 Å². The fourth-order valence-corrected chi connectivity index (χ4v) is 3.35. The van der Waals surface area contributed by atoms with Crippen molar-refractivity contribution in [1.29, 1.82) is 0 Å². The summed E-state index contributed by atoms with van der Waals surface area (Å²) in [4.78, 5) is 31.2. The molecule has 3 rings (SSSR count). The molecule has 33 heavy (non-hydrogen) atoms. The number of carbonyl (C=O) groups is 1. The minimum absolute atomic E-state index is 0.0111. The molecule has 1 aliphatic carbocycles. The average Bonchev–Trinajstić information content (AvgIpc) is 2.70. The summed E-state index contributed by atoms with van der Waals surface area (Å²) in [5.41, 5.74) is -0.683. The van der Waals surface area contributed by atoms with Crippen molar-refractivity contribution in [2.75, 3.05) is 16.0 Å². The molecule has 1 amide bonds. The molecule has 11 nitrogen and oxygen atoms in total. The summed E-state index contributed by atoms with van der Waals surface area (Å²) in [6, 6.07) is 3.56. The fraction of sp³-hybridized carbons (Fsp3) is 0.476. The van der Waals surface area contributed by atoms with Gasteiger partial charge in [0.2, 0.25) is 11.8 Å². The lowest BCUT2D eigenvalue weighted by molar-refractivity contribution is -0.384. The van der Waals surface area contributed by atoms with Gasteiger partial charge in [-0.1, -0.05) is 0 Å². The second-order valence-corrected chi connectivity index (χ2v) is 8.78. The first-order chi connectivity index (χ1) is 15.5. The molecule has 0 atom stereocenters. The Kier molecular flexibility index (Phi) is 7.26. The van der Waals surface area contributed by atoms with Crippen molar-refractivity contribution in [3.05, 3.63) is 40.3 Å². The van der Waals surface area contributed by atoms with Crippen LogP contribution in [-0.2, 0) is 4.74 Å². The third-order valence-electron chi connectivity index (χ3n) is 4.87. The van der Waals surface area contributed by atoms with E-state index in [1.165, 1.54) is 12.1 Å². The number of amides is 1. The summed E-state index contributed by atoms with van der Waals surface area (Å²) < 4.78 is 19.1. The highest BCUT2D eigenvalue weighted by atomic mass is 19.1. The number of anilines is 4. The Bertz CT molecular complexity index is 1020. The van der Waals surface area contributed by atoms with Crippen molar-refractivity contribution in [3.8, 4) is 0 Å². The molecule has 1 fully saturated rings. The number of halogens is 1. The molecule has 1 heterocycles. The van der Waals surface area contributed by atoms with E-state index in [0.29, 0.717) is 25.7 Å². The number of carbonyl (C=O) groups excluding carboxylic acids is 1. The lowest BCUT2D eigenvalue weighted by Gasteiger charge is -2.26. The van der Waals surface area contributed by atoms with Crippen LogP contribution in [0.1, 0.15) is 46.5 Å². The summed E-state index contributed by atoms with van der Waals surface area (Å²) in [5, 5.41) is 29.5. The first-order valence-electron chi connectivity index (χ1n) is 10.5. The number of hydrogen-bond donors (Lipinski definition) is 4. The molecule has 12 heteroatoms. The van der Waals surface area contributed by atoms with Gasteiger partial charge in [0.05, 0.1) is 22.4 Å². The number of aromatic nitrogens is 2. The molecule has 0 aliphatic heterocycles. The number of ether oxygens (including phenoxy) is 1. The highest BCUT2D eigenvalue weighted by Crippen LogP contribution is 2.30. The normalized spacial score (nSPS) is 18.3. The molecule has 1 saturated carbocycles. The minimum atomic E-state index is -0.733. The van der Waals surface area contributed by atoms with Gasteiger partial charge in [-0.05, 0) is 64.7 Å². The standard InChI is InChI=1S/C21H27FN6O5/c1-21(2,3)33-20(30)26-15-9-4-12(22)10-16(15)25-19-23-11-17(28(31)32)18(27-19)24-13-5-7-14(29)8-6-13/h4,9-11,13-14,29H,5-8H2,1-3H3,(H,26,30)(H2,23,24,25,27)/t13-,14-. The highest BCUT2D eigenvalue weighted by Gasteiger charge is 2.25. The molecule has 1 aliphatic rings. The Morgan fingerprint density at radius 3 is 2.58 bits per heavy atom. The summed E-state index contributed by atoms with van der Waals surface area (Å²) >= 11 is 0. The van der Waals surface area contributed by atoms with Gasteiger partial charge in [-0.15, -0.1) is 0 Å². The molecule has 1 aromatic carbocycles. The van der Waals surface area contributed by atoms with Crippen molar-refractivity contribution in [2.24, 2.45) is 0 Å². The molecule has 1 aromatic heterocycles. The Morgan fingerprint density at radius 1 is 1.24 bits per heavy atom. The molecule has 0 spiro atoms. The van der Waals surface area contributed by atoms with Gasteiger partial charge in [0, 0.05) is 6.04 Å². The summed E-state index contributed by atoms with van der Waals surface area (Å²) in [5.74, 6) is -0.595. The summed E-state index contributed by atoms with van der Waals surface area (Å²) in [6.45, 7) is 5.13. The van der Waals surface area contributed by atoms with Crippen molar-refractivity contribution in [1.82, 2.24) is 9.97 Å². The van der Waals surface area contributed by atoms with E-state index in [-0.39, 0.29) is 41.0 Å². The van der Waals surface area contributed by atoms with Gasteiger partial charge in [-0.3, -0.25) is 15.4 Å². The third-order valence-corrected chi connectivity index (χ3v) is 4.87. The minimum Gasteiger partial charge on any atom is -0.444 e. The molecule has 0 saturated heterocycles. The molecular weight excluding hydrogens is 435 g/mol. The Hall–Kier alpha value is -3.54. The van der Waals surface area contributed by atoms with Crippen LogP contribution in [0, 0.1) is 15.9 Å². The van der Waals surface area contributed by atoms with Crippen molar-refractivity contribution < 1.29 is 24.0 Å². The van der Waals surface area contributed by atoms with Gasteiger partial charge in [-0.2, -0.15) is 4.98 Å². The predicted molar refractivity (Wildman–Crippen MR) is 120 cm³/mol. The molecule has 4 N–H and O–H groups in total. The van der Waals surface area contributed by atoms with Crippen LogP contribution in [-0.4, -0.2) is 43.8 Å².